The van der Waals surface area contributed by atoms with Crippen LogP contribution in [0.15, 0.2) is 47.4 Å². The summed E-state index contributed by atoms with van der Waals surface area (Å²) in [5.41, 5.74) is 2.75. The topological polar surface area (TPSA) is 66.5 Å². The summed E-state index contributed by atoms with van der Waals surface area (Å²) < 4.78 is 28.5. The molecule has 0 radical (unpaired) electrons. The molecule has 1 heterocycles. The van der Waals surface area contributed by atoms with E-state index in [4.69, 9.17) is 0 Å². The summed E-state index contributed by atoms with van der Waals surface area (Å²) in [5, 5.41) is 0. The van der Waals surface area contributed by atoms with Gasteiger partial charge in [0.05, 0.1) is 4.90 Å². The van der Waals surface area contributed by atoms with E-state index in [9.17, 15) is 13.2 Å². The molecule has 3 rings (SSSR count). The summed E-state index contributed by atoms with van der Waals surface area (Å²) in [6, 6.07) is 12.4. The van der Waals surface area contributed by atoms with Gasteiger partial charge in [0.15, 0.2) is 0 Å². The van der Waals surface area contributed by atoms with Crippen molar-refractivity contribution in [2.45, 2.75) is 50.8 Å². The Morgan fingerprint density at radius 3 is 2.39 bits per heavy atom. The molecule has 0 spiro atoms. The third-order valence-corrected chi connectivity index (χ3v) is 6.67. The molecule has 5 nitrogen and oxygen atoms in total. The molecule has 0 saturated carbocycles. The molecule has 0 aromatic heterocycles. The van der Waals surface area contributed by atoms with E-state index >= 15 is 0 Å². The SMILES string of the molecule is CCCCc1ccc(NS(=O)(=O)c2cc(C(=O)N3CCCC3)ccc2C)cc1. The zero-order valence-corrected chi connectivity index (χ0v) is 17.4. The molecule has 1 aliphatic heterocycles. The quantitative estimate of drug-likeness (QED) is 0.750. The van der Waals surface area contributed by atoms with Crippen molar-refractivity contribution in [2.75, 3.05) is 17.8 Å². The second kappa shape index (κ2) is 8.78. The van der Waals surface area contributed by atoms with Crippen LogP contribution in [-0.2, 0) is 16.4 Å². The highest BCUT2D eigenvalue weighted by molar-refractivity contribution is 7.92. The van der Waals surface area contributed by atoms with Gasteiger partial charge < -0.3 is 4.90 Å². The number of amides is 1. The van der Waals surface area contributed by atoms with E-state index in [1.54, 1.807) is 36.1 Å². The Morgan fingerprint density at radius 1 is 1.07 bits per heavy atom. The monoisotopic (exact) mass is 400 g/mol. The van der Waals surface area contributed by atoms with E-state index in [0.29, 0.717) is 16.8 Å². The van der Waals surface area contributed by atoms with Crippen molar-refractivity contribution in [1.29, 1.82) is 0 Å². The number of carbonyl (C=O) groups excluding carboxylic acids is 1. The number of unbranched alkanes of at least 4 members (excludes halogenated alkanes) is 1. The average Bonchev–Trinajstić information content (AvgIpc) is 3.21. The molecule has 0 bridgehead atoms. The van der Waals surface area contributed by atoms with Crippen molar-refractivity contribution in [3.63, 3.8) is 0 Å². The highest BCUT2D eigenvalue weighted by Gasteiger charge is 2.23. The number of hydrogen-bond acceptors (Lipinski definition) is 3. The van der Waals surface area contributed by atoms with Gasteiger partial charge in [-0.2, -0.15) is 0 Å². The predicted octanol–water partition coefficient (Wildman–Crippen LogP) is 4.37. The number of nitrogens with zero attached hydrogens (tertiary/aromatic N) is 1. The fraction of sp³-hybridized carbons (Fsp3) is 0.409. The third kappa shape index (κ3) is 4.73. The maximum absolute atomic E-state index is 12.9. The van der Waals surface area contributed by atoms with Crippen LogP contribution in [-0.4, -0.2) is 32.3 Å². The van der Waals surface area contributed by atoms with Gasteiger partial charge in [0.2, 0.25) is 0 Å². The lowest BCUT2D eigenvalue weighted by molar-refractivity contribution is 0.0792. The normalized spacial score (nSPS) is 14.3. The fourth-order valence-corrected chi connectivity index (χ4v) is 4.79. The Morgan fingerprint density at radius 2 is 1.75 bits per heavy atom. The van der Waals surface area contributed by atoms with Crippen LogP contribution in [0.5, 0.6) is 0 Å². The van der Waals surface area contributed by atoms with Gasteiger partial charge >= 0.3 is 0 Å². The van der Waals surface area contributed by atoms with Gasteiger partial charge in [-0.05, 0) is 68.0 Å². The smallest absolute Gasteiger partial charge is 0.262 e. The summed E-state index contributed by atoms with van der Waals surface area (Å²) in [4.78, 5) is 14.6. The molecule has 6 heteroatoms. The summed E-state index contributed by atoms with van der Waals surface area (Å²) in [6.45, 7) is 5.36. The van der Waals surface area contributed by atoms with Gasteiger partial charge in [-0.1, -0.05) is 31.5 Å². The Hall–Kier alpha value is -2.34. The first-order valence-electron chi connectivity index (χ1n) is 9.92. The maximum Gasteiger partial charge on any atom is 0.262 e. The molecular formula is C22H28N2O3S. The molecule has 0 aliphatic carbocycles. The number of anilines is 1. The zero-order chi connectivity index (χ0) is 20.1. The van der Waals surface area contributed by atoms with Gasteiger partial charge in [0, 0.05) is 24.3 Å². The summed E-state index contributed by atoms with van der Waals surface area (Å²) in [6.07, 6.45) is 5.22. The fourth-order valence-electron chi connectivity index (χ4n) is 3.46. The minimum absolute atomic E-state index is 0.103. The first kappa shape index (κ1) is 20.4. The number of nitrogens with one attached hydrogen (secondary N) is 1. The number of likely N-dealkylation sites (tertiary alicyclic amines) is 1. The molecule has 1 amide bonds. The first-order valence-corrected chi connectivity index (χ1v) is 11.4. The highest BCUT2D eigenvalue weighted by atomic mass is 32.2. The largest absolute Gasteiger partial charge is 0.339 e. The molecule has 2 aromatic carbocycles. The van der Waals surface area contributed by atoms with Crippen LogP contribution in [0.25, 0.3) is 0 Å². The van der Waals surface area contributed by atoms with E-state index in [1.807, 2.05) is 12.1 Å². The number of rotatable bonds is 7. The van der Waals surface area contributed by atoms with Gasteiger partial charge in [-0.15, -0.1) is 0 Å². The number of sulfonamides is 1. The lowest BCUT2D eigenvalue weighted by atomic mass is 10.1. The van der Waals surface area contributed by atoms with Crippen molar-refractivity contribution in [3.8, 4) is 0 Å². The molecular weight excluding hydrogens is 372 g/mol. The summed E-state index contributed by atoms with van der Waals surface area (Å²) in [7, 11) is -3.77. The van der Waals surface area contributed by atoms with Gasteiger partial charge in [-0.25, -0.2) is 8.42 Å². The predicted molar refractivity (Wildman–Crippen MR) is 112 cm³/mol. The van der Waals surface area contributed by atoms with E-state index < -0.39 is 10.0 Å². The Bertz CT molecular complexity index is 931. The summed E-state index contributed by atoms with van der Waals surface area (Å²) in [5.74, 6) is -0.103. The number of hydrogen-bond donors (Lipinski definition) is 1. The van der Waals surface area contributed by atoms with E-state index in [-0.39, 0.29) is 10.8 Å². The molecule has 0 atom stereocenters. The van der Waals surface area contributed by atoms with Crippen LogP contribution < -0.4 is 4.72 Å². The molecule has 1 aliphatic rings. The maximum atomic E-state index is 12.9. The second-order valence-corrected chi connectivity index (χ2v) is 9.04. The van der Waals surface area contributed by atoms with Crippen molar-refractivity contribution in [3.05, 3.63) is 59.2 Å². The summed E-state index contributed by atoms with van der Waals surface area (Å²) >= 11 is 0. The van der Waals surface area contributed by atoms with Crippen LogP contribution >= 0.6 is 0 Å². The Labute approximate surface area is 167 Å². The molecule has 1 saturated heterocycles. The third-order valence-electron chi connectivity index (χ3n) is 5.14. The van der Waals surface area contributed by atoms with E-state index in [1.165, 1.54) is 11.6 Å². The van der Waals surface area contributed by atoms with Gasteiger partial charge in [-0.3, -0.25) is 9.52 Å². The van der Waals surface area contributed by atoms with Crippen molar-refractivity contribution >= 4 is 21.6 Å². The molecule has 150 valence electrons. The highest BCUT2D eigenvalue weighted by Crippen LogP contribution is 2.23. The van der Waals surface area contributed by atoms with Crippen LogP contribution in [0.4, 0.5) is 5.69 Å². The minimum Gasteiger partial charge on any atom is -0.339 e. The average molecular weight is 401 g/mol. The van der Waals surface area contributed by atoms with Crippen LogP contribution in [0, 0.1) is 6.92 Å². The lowest BCUT2D eigenvalue weighted by Crippen LogP contribution is -2.28. The number of benzene rings is 2. The van der Waals surface area contributed by atoms with Crippen molar-refractivity contribution in [2.24, 2.45) is 0 Å². The standard InChI is InChI=1S/C22H28N2O3S/c1-3-4-7-18-9-12-20(13-10-18)23-28(26,27)21-16-19(11-8-17(21)2)22(25)24-14-5-6-15-24/h8-13,16,23H,3-7,14-15H2,1-2H3. The molecule has 1 N–H and O–H groups in total. The van der Waals surface area contributed by atoms with E-state index in [2.05, 4.69) is 11.6 Å². The number of carbonyl (C=O) groups is 1. The van der Waals surface area contributed by atoms with E-state index in [0.717, 1.165) is 45.2 Å². The molecule has 2 aromatic rings. The molecule has 0 unspecified atom stereocenters. The van der Waals surface area contributed by atoms with Crippen LogP contribution in [0.1, 0.15) is 54.1 Å². The number of aryl methyl sites for hydroxylation is 2. The van der Waals surface area contributed by atoms with Gasteiger partial charge in [0.1, 0.15) is 0 Å². The second-order valence-electron chi connectivity index (χ2n) is 7.39. The van der Waals surface area contributed by atoms with Crippen LogP contribution in [0.3, 0.4) is 0 Å². The van der Waals surface area contributed by atoms with Crippen LogP contribution in [0.2, 0.25) is 0 Å². The van der Waals surface area contributed by atoms with Crippen molar-refractivity contribution in [1.82, 2.24) is 4.90 Å². The first-order chi connectivity index (χ1) is 13.4. The Kier molecular flexibility index (Phi) is 6.39. The van der Waals surface area contributed by atoms with Crippen molar-refractivity contribution < 1.29 is 13.2 Å². The van der Waals surface area contributed by atoms with Gasteiger partial charge in [0.25, 0.3) is 15.9 Å². The lowest BCUT2D eigenvalue weighted by Gasteiger charge is -2.17. The molecule has 1 fully saturated rings. The Balaban J connectivity index is 1.80. The minimum atomic E-state index is -3.77. The molecule has 28 heavy (non-hydrogen) atoms. The zero-order valence-electron chi connectivity index (χ0n) is 16.6.